The van der Waals surface area contributed by atoms with Crippen molar-refractivity contribution in [3.63, 3.8) is 0 Å². The van der Waals surface area contributed by atoms with Crippen LogP contribution >= 0.6 is 0 Å². The number of aryl methyl sites for hydroxylation is 1. The van der Waals surface area contributed by atoms with Crippen LogP contribution in [0.3, 0.4) is 0 Å². The van der Waals surface area contributed by atoms with Crippen molar-refractivity contribution in [2.45, 2.75) is 26.2 Å². The van der Waals surface area contributed by atoms with Crippen LogP contribution in [0.15, 0.2) is 64.2 Å². The van der Waals surface area contributed by atoms with Crippen molar-refractivity contribution in [1.29, 1.82) is 0 Å². The highest BCUT2D eigenvalue weighted by Crippen LogP contribution is 2.30. The molecule has 0 fully saturated rings. The Labute approximate surface area is 183 Å². The lowest BCUT2D eigenvalue weighted by molar-refractivity contribution is -0.0634. The van der Waals surface area contributed by atoms with Gasteiger partial charge in [0.2, 0.25) is 0 Å². The second-order valence-electron chi connectivity index (χ2n) is 7.90. The van der Waals surface area contributed by atoms with Crippen LogP contribution in [0, 0.1) is 18.8 Å². The number of alkyl halides is 2. The van der Waals surface area contributed by atoms with Crippen molar-refractivity contribution in [3.8, 4) is 11.8 Å². The summed E-state index contributed by atoms with van der Waals surface area (Å²) in [4.78, 5) is 3.91. The highest BCUT2D eigenvalue weighted by molar-refractivity contribution is 5.87. The first-order chi connectivity index (χ1) is 15.4. The zero-order valence-electron chi connectivity index (χ0n) is 17.5. The summed E-state index contributed by atoms with van der Waals surface area (Å²) in [6.45, 7) is 2.86. The van der Waals surface area contributed by atoms with E-state index in [1.807, 2.05) is 43.3 Å². The van der Waals surface area contributed by atoms with Crippen LogP contribution in [0.1, 0.15) is 46.0 Å². The maximum atomic E-state index is 13.7. The molecular formula is C26H18F2N3O+. The Morgan fingerprint density at radius 3 is 2.78 bits per heavy atom. The van der Waals surface area contributed by atoms with E-state index in [-0.39, 0.29) is 5.56 Å². The fraction of sp³-hybridized carbons (Fsp3) is 0.154. The number of fused-ring (bicyclic) bond motifs is 2. The van der Waals surface area contributed by atoms with Crippen LogP contribution in [0.5, 0.6) is 0 Å². The fourth-order valence-corrected chi connectivity index (χ4v) is 3.69. The Balaban J connectivity index is 1.50. The second kappa shape index (κ2) is 7.56. The summed E-state index contributed by atoms with van der Waals surface area (Å²) in [5.74, 6) is 3.48. The van der Waals surface area contributed by atoms with Crippen molar-refractivity contribution < 1.29 is 18.1 Å². The predicted molar refractivity (Wildman–Crippen MR) is 117 cm³/mol. The maximum absolute atomic E-state index is 13.7. The SMILES string of the molecule is Cc1ccc2c(Cc3cccc(C(C)(F)F)c3)noc2c1C#Cc1ccc2c(c1)N=[N+]=C2. The zero-order valence-corrected chi connectivity index (χ0v) is 17.5. The van der Waals surface area contributed by atoms with E-state index in [4.69, 9.17) is 4.52 Å². The monoisotopic (exact) mass is 426 g/mol. The standard InChI is InChI=1S/C26H18F2N3O/c1-16-6-10-22-24(14-18-4-3-5-20(12-18)26(2,27)28)31-32-25(22)21(16)11-8-17-7-9-19-15-29-30-23(19)13-17/h3-7,9-10,12-13,15H,14H2,1-2H3/q+1. The van der Waals surface area contributed by atoms with Crippen LogP contribution < -0.4 is 0 Å². The van der Waals surface area contributed by atoms with E-state index in [0.29, 0.717) is 17.7 Å². The summed E-state index contributed by atoms with van der Waals surface area (Å²) in [7, 11) is 0. The Morgan fingerprint density at radius 2 is 1.94 bits per heavy atom. The summed E-state index contributed by atoms with van der Waals surface area (Å²) < 4.78 is 33.1. The van der Waals surface area contributed by atoms with Crippen molar-refractivity contribution in [1.82, 2.24) is 5.16 Å². The van der Waals surface area contributed by atoms with Gasteiger partial charge in [-0.1, -0.05) is 41.3 Å². The van der Waals surface area contributed by atoms with Gasteiger partial charge in [-0.3, -0.25) is 0 Å². The van der Waals surface area contributed by atoms with E-state index in [0.717, 1.165) is 45.8 Å². The van der Waals surface area contributed by atoms with Crippen LogP contribution in [0.4, 0.5) is 14.5 Å². The van der Waals surface area contributed by atoms with E-state index in [1.54, 1.807) is 12.3 Å². The third-order valence-corrected chi connectivity index (χ3v) is 5.45. The molecule has 0 amide bonds. The Bertz CT molecular complexity index is 1490. The van der Waals surface area contributed by atoms with E-state index in [9.17, 15) is 8.78 Å². The molecule has 0 radical (unpaired) electrons. The van der Waals surface area contributed by atoms with Gasteiger partial charge in [-0.15, -0.1) is 0 Å². The molecule has 1 aromatic heterocycles. The summed E-state index contributed by atoms with van der Waals surface area (Å²) in [6.07, 6.45) is 2.10. The Hall–Kier alpha value is -4.07. The molecule has 4 aromatic rings. The average molecular weight is 426 g/mol. The minimum absolute atomic E-state index is 0.0170. The van der Waals surface area contributed by atoms with Gasteiger partial charge in [0.1, 0.15) is 5.11 Å². The lowest BCUT2D eigenvalue weighted by Crippen LogP contribution is -2.07. The van der Waals surface area contributed by atoms with Gasteiger partial charge in [-0.2, -0.15) is 0 Å². The van der Waals surface area contributed by atoms with E-state index < -0.39 is 5.92 Å². The van der Waals surface area contributed by atoms with E-state index >= 15 is 0 Å². The number of nitrogens with zero attached hydrogens (tertiary/aromatic N) is 3. The summed E-state index contributed by atoms with van der Waals surface area (Å²) in [5.41, 5.74) is 6.33. The first-order valence-electron chi connectivity index (χ1n) is 10.1. The number of benzene rings is 3. The molecule has 1 aliphatic heterocycles. The molecule has 2 heterocycles. The lowest BCUT2D eigenvalue weighted by Gasteiger charge is -2.11. The minimum atomic E-state index is -2.89. The molecule has 0 spiro atoms. The lowest BCUT2D eigenvalue weighted by atomic mass is 10.00. The summed E-state index contributed by atoms with van der Waals surface area (Å²) in [6, 6.07) is 16.1. The molecule has 1 aliphatic rings. The molecule has 3 aromatic carbocycles. The Kier molecular flexibility index (Phi) is 4.70. The first kappa shape index (κ1) is 19.9. The molecule has 32 heavy (non-hydrogen) atoms. The molecule has 0 saturated heterocycles. The second-order valence-corrected chi connectivity index (χ2v) is 7.90. The highest BCUT2D eigenvalue weighted by Gasteiger charge is 2.24. The zero-order chi connectivity index (χ0) is 22.3. The number of aromatic nitrogens is 1. The van der Waals surface area contributed by atoms with Gasteiger partial charge in [-0.25, -0.2) is 8.78 Å². The molecule has 0 bridgehead atoms. The number of halogens is 2. The topological polar surface area (TPSA) is 52.5 Å². The van der Waals surface area contributed by atoms with E-state index in [2.05, 4.69) is 26.9 Å². The third-order valence-electron chi connectivity index (χ3n) is 5.45. The summed E-state index contributed by atoms with van der Waals surface area (Å²) in [5, 5.41) is 9.12. The van der Waals surface area contributed by atoms with Gasteiger partial charge >= 0.3 is 6.21 Å². The van der Waals surface area contributed by atoms with Crippen molar-refractivity contribution in [2.24, 2.45) is 5.11 Å². The summed E-state index contributed by atoms with van der Waals surface area (Å²) >= 11 is 0. The molecule has 0 N–H and O–H groups in total. The van der Waals surface area contributed by atoms with Crippen LogP contribution in [0.25, 0.3) is 11.0 Å². The molecule has 0 atom stereocenters. The Morgan fingerprint density at radius 1 is 1.06 bits per heavy atom. The first-order valence-corrected chi connectivity index (χ1v) is 10.1. The number of rotatable bonds is 3. The van der Waals surface area contributed by atoms with Crippen LogP contribution in [-0.4, -0.2) is 16.2 Å². The average Bonchev–Trinajstić information content (AvgIpc) is 3.39. The van der Waals surface area contributed by atoms with Crippen molar-refractivity contribution in [2.75, 3.05) is 0 Å². The molecule has 6 heteroatoms. The van der Waals surface area contributed by atoms with Crippen molar-refractivity contribution in [3.05, 3.63) is 93.7 Å². The smallest absolute Gasteiger partial charge is 0.340 e. The molecule has 0 saturated carbocycles. The third kappa shape index (κ3) is 3.71. The highest BCUT2D eigenvalue weighted by atomic mass is 19.3. The van der Waals surface area contributed by atoms with Gasteiger partial charge in [0, 0.05) is 29.9 Å². The number of hydrogen-bond donors (Lipinski definition) is 0. The van der Waals surface area contributed by atoms with Gasteiger partial charge < -0.3 is 4.52 Å². The van der Waals surface area contributed by atoms with E-state index in [1.165, 1.54) is 12.1 Å². The molecule has 156 valence electrons. The molecule has 4 nitrogen and oxygen atoms in total. The predicted octanol–water partition coefficient (Wildman–Crippen LogP) is 5.96. The molecular weight excluding hydrogens is 408 g/mol. The van der Waals surface area contributed by atoms with Crippen LogP contribution in [0.2, 0.25) is 0 Å². The molecule has 0 aliphatic carbocycles. The normalized spacial score (nSPS) is 12.1. The molecule has 5 rings (SSSR count). The quantitative estimate of drug-likeness (QED) is 0.264. The van der Waals surface area contributed by atoms with Gasteiger partial charge in [-0.05, 0) is 48.4 Å². The van der Waals surface area contributed by atoms with Gasteiger partial charge in [0.15, 0.2) is 11.3 Å². The minimum Gasteiger partial charge on any atom is -0.355 e. The number of hydrogen-bond acceptors (Lipinski definition) is 3. The van der Waals surface area contributed by atoms with Crippen LogP contribution in [-0.2, 0) is 12.3 Å². The van der Waals surface area contributed by atoms with Gasteiger partial charge in [0.25, 0.3) is 5.92 Å². The maximum Gasteiger partial charge on any atom is 0.340 e. The largest absolute Gasteiger partial charge is 0.355 e. The van der Waals surface area contributed by atoms with Crippen molar-refractivity contribution >= 4 is 22.9 Å². The van der Waals surface area contributed by atoms with Gasteiger partial charge in [0.05, 0.1) is 21.6 Å². The fourth-order valence-electron chi connectivity index (χ4n) is 3.69. The molecule has 0 unspecified atom stereocenters.